The third kappa shape index (κ3) is 5.45. The van der Waals surface area contributed by atoms with Crippen molar-refractivity contribution in [2.75, 3.05) is 14.2 Å². The van der Waals surface area contributed by atoms with Crippen LogP contribution in [0.1, 0.15) is 70.4 Å². The summed E-state index contributed by atoms with van der Waals surface area (Å²) < 4.78 is 14.0. The van der Waals surface area contributed by atoms with E-state index in [1.165, 1.54) is 0 Å². The average molecular weight is 704 g/mol. The van der Waals surface area contributed by atoms with Crippen LogP contribution < -0.4 is 9.47 Å². The monoisotopic (exact) mass is 703 g/mol. The summed E-state index contributed by atoms with van der Waals surface area (Å²) in [6, 6.07) is 12.0. The summed E-state index contributed by atoms with van der Waals surface area (Å²) in [5.74, 6) is 1.12. The van der Waals surface area contributed by atoms with Crippen LogP contribution in [0, 0.1) is 14.4 Å². The van der Waals surface area contributed by atoms with E-state index in [1.807, 2.05) is 37.4 Å². The van der Waals surface area contributed by atoms with Gasteiger partial charge in [0.1, 0.15) is 6.61 Å². The van der Waals surface area contributed by atoms with Gasteiger partial charge in [-0.1, -0.05) is 55.8 Å². The highest BCUT2D eigenvalue weighted by Gasteiger charge is 2.48. The van der Waals surface area contributed by atoms with Gasteiger partial charge in [0.15, 0.2) is 23.1 Å². The van der Waals surface area contributed by atoms with E-state index in [2.05, 4.69) is 77.2 Å². The van der Waals surface area contributed by atoms with Crippen LogP contribution in [0.5, 0.6) is 11.5 Å². The zero-order chi connectivity index (χ0) is 28.3. The quantitative estimate of drug-likeness (QED) is 0.296. The lowest BCUT2D eigenvalue weighted by Gasteiger charge is -2.48. The number of Topliss-reactive ketones (excluding diaryl/α,β-unsaturated/α-hetero) is 2. The van der Waals surface area contributed by atoms with E-state index in [-0.39, 0.29) is 22.4 Å². The number of nitrogens with zero attached hydrogens (tertiary/aromatic N) is 1. The van der Waals surface area contributed by atoms with Crippen LogP contribution in [-0.4, -0.2) is 30.6 Å². The van der Waals surface area contributed by atoms with Gasteiger partial charge >= 0.3 is 0 Å². The Bertz CT molecular complexity index is 1370. The first-order valence-electron chi connectivity index (χ1n) is 13.3. The van der Waals surface area contributed by atoms with E-state index in [9.17, 15) is 9.59 Å². The molecule has 1 aliphatic heterocycles. The molecule has 2 aromatic carbocycles. The van der Waals surface area contributed by atoms with Gasteiger partial charge < -0.3 is 14.4 Å². The molecule has 0 N–H and O–H groups in total. The number of hydrogen-bond acceptors (Lipinski definition) is 5. The summed E-state index contributed by atoms with van der Waals surface area (Å²) in [6.07, 6.45) is 2.55. The van der Waals surface area contributed by atoms with Crippen molar-refractivity contribution < 1.29 is 19.1 Å². The summed E-state index contributed by atoms with van der Waals surface area (Å²) in [7, 11) is 3.67. The lowest BCUT2D eigenvalue weighted by Crippen LogP contribution is -2.43. The summed E-state index contributed by atoms with van der Waals surface area (Å²) in [4.78, 5) is 29.7. The zero-order valence-corrected chi connectivity index (χ0v) is 27.2. The molecular weight excluding hydrogens is 669 g/mol. The van der Waals surface area contributed by atoms with Crippen molar-refractivity contribution in [3.63, 3.8) is 0 Å². The van der Waals surface area contributed by atoms with E-state index in [0.29, 0.717) is 30.9 Å². The second kappa shape index (κ2) is 10.4. The van der Waals surface area contributed by atoms with Crippen LogP contribution in [0.15, 0.2) is 63.4 Å². The number of allylic oxidation sites excluding steroid dienone is 4. The maximum absolute atomic E-state index is 13.8. The fraction of sp³-hybridized carbons (Fsp3) is 0.438. The lowest BCUT2D eigenvalue weighted by atomic mass is 9.64. The molecule has 0 unspecified atom stereocenters. The standard InChI is InChI=1S/C32H35BrINO4/c1-31(2)13-22-28(24(36)15-31)27(29-23(35(22)5)14-32(3,4)16-25(29)37)19-11-21(34)30(26(12-19)38-6)39-17-18-7-9-20(33)10-8-18/h7-12,27H,13-17H2,1-6H3. The SMILES string of the molecule is COc1cc(C2C3=C(CC(C)(C)CC3=O)N(C)C3=C2C(=O)CC(C)(C)C3)cc(I)c1OCc1ccc(Br)cc1. The summed E-state index contributed by atoms with van der Waals surface area (Å²) >= 11 is 5.75. The Balaban J connectivity index is 1.62. The van der Waals surface area contributed by atoms with Gasteiger partial charge in [-0.05, 0) is 81.7 Å². The van der Waals surface area contributed by atoms with Crippen molar-refractivity contribution in [2.45, 2.75) is 65.9 Å². The maximum Gasteiger partial charge on any atom is 0.174 e. The Kier molecular flexibility index (Phi) is 7.55. The Hall–Kier alpha value is -2.13. The summed E-state index contributed by atoms with van der Waals surface area (Å²) in [6.45, 7) is 9.02. The molecule has 0 saturated carbocycles. The van der Waals surface area contributed by atoms with E-state index in [0.717, 1.165) is 54.6 Å². The molecule has 0 aromatic heterocycles. The number of ketones is 2. The molecule has 7 heteroatoms. The Morgan fingerprint density at radius 3 is 1.97 bits per heavy atom. The van der Waals surface area contributed by atoms with Crippen molar-refractivity contribution in [3.8, 4) is 11.5 Å². The molecule has 0 bridgehead atoms. The number of benzene rings is 2. The van der Waals surface area contributed by atoms with Gasteiger partial charge in [0, 0.05) is 52.8 Å². The highest BCUT2D eigenvalue weighted by atomic mass is 127. The number of carbonyl (C=O) groups excluding carboxylic acids is 2. The van der Waals surface area contributed by atoms with Gasteiger partial charge in [0.05, 0.1) is 10.7 Å². The molecule has 5 nitrogen and oxygen atoms in total. The van der Waals surface area contributed by atoms with Crippen molar-refractivity contribution in [3.05, 3.63) is 78.1 Å². The summed E-state index contributed by atoms with van der Waals surface area (Å²) in [5, 5.41) is 0. The topological polar surface area (TPSA) is 55.8 Å². The minimum atomic E-state index is -0.402. The van der Waals surface area contributed by atoms with Crippen LogP contribution in [0.2, 0.25) is 0 Å². The highest BCUT2D eigenvalue weighted by molar-refractivity contribution is 14.1. The van der Waals surface area contributed by atoms with E-state index >= 15 is 0 Å². The minimum absolute atomic E-state index is 0.127. The van der Waals surface area contributed by atoms with E-state index in [1.54, 1.807) is 7.11 Å². The lowest BCUT2D eigenvalue weighted by molar-refractivity contribution is -0.119. The minimum Gasteiger partial charge on any atom is -0.493 e. The van der Waals surface area contributed by atoms with E-state index in [4.69, 9.17) is 9.47 Å². The predicted octanol–water partition coefficient (Wildman–Crippen LogP) is 7.96. The second-order valence-electron chi connectivity index (χ2n) is 12.5. The average Bonchev–Trinajstić information content (AvgIpc) is 2.84. The number of methoxy groups -OCH3 is 1. The third-order valence-corrected chi connectivity index (χ3v) is 9.39. The first kappa shape index (κ1) is 28.4. The van der Waals surface area contributed by atoms with Crippen LogP contribution >= 0.6 is 38.5 Å². The van der Waals surface area contributed by atoms with Crippen molar-refractivity contribution in [1.29, 1.82) is 0 Å². The Morgan fingerprint density at radius 1 is 0.923 bits per heavy atom. The summed E-state index contributed by atoms with van der Waals surface area (Å²) in [5.41, 5.74) is 5.34. The molecule has 2 aliphatic carbocycles. The number of halogens is 2. The van der Waals surface area contributed by atoms with Gasteiger partial charge in [-0.15, -0.1) is 0 Å². The van der Waals surface area contributed by atoms with E-state index < -0.39 is 5.92 Å². The molecule has 3 aliphatic rings. The molecule has 0 atom stereocenters. The molecule has 5 rings (SSSR count). The maximum atomic E-state index is 13.8. The molecule has 0 fully saturated rings. The van der Waals surface area contributed by atoms with Crippen LogP contribution in [0.3, 0.4) is 0 Å². The first-order valence-corrected chi connectivity index (χ1v) is 15.2. The van der Waals surface area contributed by atoms with Crippen LogP contribution in [0.25, 0.3) is 0 Å². The molecule has 2 aromatic rings. The van der Waals surface area contributed by atoms with Crippen molar-refractivity contribution in [1.82, 2.24) is 4.90 Å². The first-order chi connectivity index (χ1) is 18.3. The molecule has 206 valence electrons. The fourth-order valence-corrected chi connectivity index (χ4v) is 7.33. The Labute approximate surface area is 253 Å². The van der Waals surface area contributed by atoms with Gasteiger partial charge in [-0.3, -0.25) is 9.59 Å². The van der Waals surface area contributed by atoms with Gasteiger partial charge in [0.25, 0.3) is 0 Å². The number of hydrogen-bond donors (Lipinski definition) is 0. The number of carbonyl (C=O) groups is 2. The molecule has 0 saturated heterocycles. The van der Waals surface area contributed by atoms with Gasteiger partial charge in [0.2, 0.25) is 0 Å². The number of ether oxygens (including phenoxy) is 2. The zero-order valence-electron chi connectivity index (χ0n) is 23.4. The largest absolute Gasteiger partial charge is 0.493 e. The second-order valence-corrected chi connectivity index (χ2v) is 14.6. The molecule has 0 spiro atoms. The highest BCUT2D eigenvalue weighted by Crippen LogP contribution is 2.54. The number of rotatable bonds is 5. The van der Waals surface area contributed by atoms with Crippen molar-refractivity contribution >= 4 is 50.1 Å². The van der Waals surface area contributed by atoms with Crippen LogP contribution in [-0.2, 0) is 16.2 Å². The normalized spacial score (nSPS) is 20.7. The molecule has 0 amide bonds. The third-order valence-electron chi connectivity index (χ3n) is 8.06. The van der Waals surface area contributed by atoms with Gasteiger partial charge in [-0.25, -0.2) is 0 Å². The molecule has 39 heavy (non-hydrogen) atoms. The van der Waals surface area contributed by atoms with Crippen LogP contribution in [0.4, 0.5) is 0 Å². The van der Waals surface area contributed by atoms with Gasteiger partial charge in [-0.2, -0.15) is 0 Å². The molecular formula is C32H35BrINO4. The van der Waals surface area contributed by atoms with Crippen molar-refractivity contribution in [2.24, 2.45) is 10.8 Å². The smallest absolute Gasteiger partial charge is 0.174 e. The Morgan fingerprint density at radius 2 is 1.46 bits per heavy atom. The molecule has 1 heterocycles. The fourth-order valence-electron chi connectivity index (χ4n) is 6.28. The predicted molar refractivity (Wildman–Crippen MR) is 165 cm³/mol. The molecule has 0 radical (unpaired) electrons.